The number of nitriles is 1. The number of benzene rings is 2. The van der Waals surface area contributed by atoms with Gasteiger partial charge in [0, 0.05) is 19.5 Å². The van der Waals surface area contributed by atoms with Gasteiger partial charge in [-0.05, 0) is 56.4 Å². The lowest BCUT2D eigenvalue weighted by Gasteiger charge is -2.34. The van der Waals surface area contributed by atoms with Crippen molar-refractivity contribution < 1.29 is 10.0 Å². The second-order valence-corrected chi connectivity index (χ2v) is 10.4. The third-order valence-electron chi connectivity index (χ3n) is 7.72. The molecule has 0 radical (unpaired) electrons. The number of para-hydroxylation sites is 1. The van der Waals surface area contributed by atoms with Gasteiger partial charge in [-0.25, -0.2) is 15.4 Å². The smallest absolute Gasteiger partial charge is 0.268 e. The van der Waals surface area contributed by atoms with Crippen LogP contribution >= 0.6 is 0 Å². The average Bonchev–Trinajstić information content (AvgIpc) is 3.00. The van der Waals surface area contributed by atoms with E-state index in [1.54, 1.807) is 17.0 Å². The largest absolute Gasteiger partial charge is 0.371 e. The Kier molecular flexibility index (Phi) is 8.31. The van der Waals surface area contributed by atoms with Crippen molar-refractivity contribution in [1.82, 2.24) is 25.0 Å². The number of hydrogen-bond donors (Lipinski definition) is 4. The van der Waals surface area contributed by atoms with Crippen molar-refractivity contribution >= 4 is 34.3 Å². The van der Waals surface area contributed by atoms with Gasteiger partial charge in [0.05, 0.1) is 34.0 Å². The van der Waals surface area contributed by atoms with Gasteiger partial charge in [-0.15, -0.1) is 0 Å². The summed E-state index contributed by atoms with van der Waals surface area (Å²) in [4.78, 5) is 41.7. The van der Waals surface area contributed by atoms with E-state index in [2.05, 4.69) is 26.3 Å². The number of piperidine rings is 1. The van der Waals surface area contributed by atoms with Crippen molar-refractivity contribution in [3.63, 3.8) is 0 Å². The normalized spacial score (nSPS) is 14.4. The van der Waals surface area contributed by atoms with Crippen LogP contribution in [0.25, 0.3) is 16.6 Å². The zero-order valence-corrected chi connectivity index (χ0v) is 23.5. The minimum atomic E-state index is -0.486. The van der Waals surface area contributed by atoms with Crippen molar-refractivity contribution in [3.8, 4) is 11.8 Å². The monoisotopic (exact) mass is 567 g/mol. The van der Waals surface area contributed by atoms with Crippen LogP contribution in [0.15, 0.2) is 53.3 Å². The Morgan fingerprint density at radius 3 is 2.55 bits per heavy atom. The maximum Gasteiger partial charge on any atom is 0.268 e. The molecule has 12 nitrogen and oxygen atoms in total. The maximum atomic E-state index is 14.5. The van der Waals surface area contributed by atoms with Crippen molar-refractivity contribution in [3.05, 3.63) is 76.0 Å². The van der Waals surface area contributed by atoms with E-state index in [-0.39, 0.29) is 41.1 Å². The van der Waals surface area contributed by atoms with Crippen LogP contribution in [0.3, 0.4) is 0 Å². The zero-order valence-electron chi connectivity index (χ0n) is 23.5. The predicted molar refractivity (Wildman–Crippen MR) is 159 cm³/mol. The number of nitrogen functional groups attached to an aromatic ring is 1. The summed E-state index contributed by atoms with van der Waals surface area (Å²) in [5.74, 6) is 0.576. The van der Waals surface area contributed by atoms with Crippen molar-refractivity contribution in [2.24, 2.45) is 5.92 Å². The van der Waals surface area contributed by atoms with E-state index in [1.165, 1.54) is 0 Å². The molecule has 0 spiro atoms. The summed E-state index contributed by atoms with van der Waals surface area (Å²) < 4.78 is 1.62. The molecule has 5 N–H and O–H groups in total. The molecule has 0 saturated carbocycles. The summed E-state index contributed by atoms with van der Waals surface area (Å²) >= 11 is 0. The highest BCUT2D eigenvalue weighted by Gasteiger charge is 2.27. The first-order chi connectivity index (χ1) is 20.3. The summed E-state index contributed by atoms with van der Waals surface area (Å²) in [6.07, 6.45) is 2.31. The van der Waals surface area contributed by atoms with Gasteiger partial charge in [0.1, 0.15) is 23.3 Å². The molecule has 1 aliphatic heterocycles. The van der Waals surface area contributed by atoms with E-state index in [4.69, 9.17) is 15.9 Å². The van der Waals surface area contributed by atoms with Crippen LogP contribution in [0, 0.1) is 24.2 Å². The van der Waals surface area contributed by atoms with Crippen LogP contribution in [-0.4, -0.2) is 43.7 Å². The number of nitrogens with two attached hydrogens (primary N) is 1. The number of aryl methyl sites for hydroxylation is 1. The Hall–Kier alpha value is -5.02. The van der Waals surface area contributed by atoms with Crippen LogP contribution in [0.2, 0.25) is 0 Å². The minimum Gasteiger partial charge on any atom is -0.371 e. The molecular formula is C30H33N9O3. The molecule has 216 valence electrons. The van der Waals surface area contributed by atoms with Crippen LogP contribution in [-0.2, 0) is 4.79 Å². The summed E-state index contributed by atoms with van der Waals surface area (Å²) in [5, 5.41) is 22.5. The highest BCUT2D eigenvalue weighted by Crippen LogP contribution is 2.31. The average molecular weight is 568 g/mol. The number of hydroxylamine groups is 1. The Labute approximate surface area is 242 Å². The summed E-state index contributed by atoms with van der Waals surface area (Å²) in [6, 6.07) is 16.7. The fourth-order valence-corrected chi connectivity index (χ4v) is 5.59. The van der Waals surface area contributed by atoms with E-state index in [0.717, 1.165) is 18.5 Å². The molecule has 0 bridgehead atoms. The van der Waals surface area contributed by atoms with Crippen LogP contribution in [0.1, 0.15) is 55.7 Å². The second-order valence-electron chi connectivity index (χ2n) is 10.4. The van der Waals surface area contributed by atoms with Gasteiger partial charge < -0.3 is 16.0 Å². The Bertz CT molecular complexity index is 1710. The van der Waals surface area contributed by atoms with Gasteiger partial charge in [-0.2, -0.15) is 10.2 Å². The summed E-state index contributed by atoms with van der Waals surface area (Å²) in [5.41, 5.74) is 10.2. The zero-order chi connectivity index (χ0) is 29.8. The first-order valence-electron chi connectivity index (χ1n) is 13.9. The third-order valence-corrected chi connectivity index (χ3v) is 7.72. The molecular weight excluding hydrogens is 534 g/mol. The second kappa shape index (κ2) is 12.2. The fraction of sp³-hybridized carbons (Fsp3) is 0.333. The van der Waals surface area contributed by atoms with Gasteiger partial charge in [-0.3, -0.25) is 19.4 Å². The Morgan fingerprint density at radius 1 is 1.14 bits per heavy atom. The lowest BCUT2D eigenvalue weighted by Crippen LogP contribution is -2.37. The molecule has 42 heavy (non-hydrogen) atoms. The first kappa shape index (κ1) is 28.5. The van der Waals surface area contributed by atoms with Crippen LogP contribution in [0.5, 0.6) is 0 Å². The maximum absolute atomic E-state index is 14.5. The Balaban J connectivity index is 1.61. The number of rotatable bonds is 8. The molecule has 12 heteroatoms. The quantitative estimate of drug-likeness (QED) is 0.182. The van der Waals surface area contributed by atoms with Crippen LogP contribution < -0.4 is 27.0 Å². The highest BCUT2D eigenvalue weighted by molar-refractivity contribution is 5.91. The van der Waals surface area contributed by atoms with Crippen molar-refractivity contribution in [2.45, 2.75) is 45.6 Å². The Morgan fingerprint density at radius 2 is 1.88 bits per heavy atom. The third kappa shape index (κ3) is 5.59. The number of fused-ring (bicyclic) bond motifs is 1. The molecule has 5 rings (SSSR count). The molecule has 1 saturated heterocycles. The van der Waals surface area contributed by atoms with Gasteiger partial charge in [0.2, 0.25) is 11.9 Å². The van der Waals surface area contributed by atoms with E-state index in [1.807, 2.05) is 55.5 Å². The number of aromatic nitrogens is 4. The number of amides is 1. The standard InChI is InChI=1S/C30H33N9O3/c1-3-22(34-27-21(17-31)18(2)33-30(32)36-27)28-35-23-10-7-11-24(38-14-12-19(13-15-38)16-25(40)37-42)26(23)29(41)39(28)20-8-5-4-6-9-20/h4-11,19,22,42H,3,12-16H2,1-2H3,(H,37,40)(H3,32,33,34,36). The number of hydrogen-bond acceptors (Lipinski definition) is 10. The molecule has 1 fully saturated rings. The molecule has 4 aromatic rings. The molecule has 0 aliphatic carbocycles. The van der Waals surface area contributed by atoms with E-state index >= 15 is 0 Å². The molecule has 2 aromatic carbocycles. The van der Waals surface area contributed by atoms with Gasteiger partial charge >= 0.3 is 0 Å². The number of anilines is 3. The van der Waals surface area contributed by atoms with Crippen molar-refractivity contribution in [1.29, 1.82) is 5.26 Å². The molecule has 2 aromatic heterocycles. The topological polar surface area (TPSA) is 175 Å². The predicted octanol–water partition coefficient (Wildman–Crippen LogP) is 3.61. The lowest BCUT2D eigenvalue weighted by atomic mass is 9.93. The highest BCUT2D eigenvalue weighted by atomic mass is 16.5. The molecule has 1 unspecified atom stereocenters. The number of carbonyl (C=O) groups excluding carboxylic acids is 1. The SMILES string of the molecule is CCC(Nc1nc(N)nc(C)c1C#N)c1nc2cccc(N3CCC(CC(=O)NO)CC3)c2c(=O)n1-c1ccccc1. The van der Waals surface area contributed by atoms with E-state index in [9.17, 15) is 14.9 Å². The van der Waals surface area contributed by atoms with E-state index in [0.29, 0.717) is 47.6 Å². The van der Waals surface area contributed by atoms with Crippen molar-refractivity contribution in [2.75, 3.05) is 29.0 Å². The number of nitrogens with zero attached hydrogens (tertiary/aromatic N) is 6. The first-order valence-corrected chi connectivity index (χ1v) is 13.9. The molecule has 3 heterocycles. The fourth-order valence-electron chi connectivity index (χ4n) is 5.59. The van der Waals surface area contributed by atoms with Gasteiger partial charge in [-0.1, -0.05) is 31.2 Å². The van der Waals surface area contributed by atoms with Gasteiger partial charge in [0.15, 0.2) is 0 Å². The molecule has 1 amide bonds. The van der Waals surface area contributed by atoms with Gasteiger partial charge in [0.25, 0.3) is 5.56 Å². The molecule has 1 aliphatic rings. The lowest BCUT2D eigenvalue weighted by molar-refractivity contribution is -0.130. The minimum absolute atomic E-state index is 0.0428. The number of nitrogens with one attached hydrogen (secondary N) is 2. The van der Waals surface area contributed by atoms with Crippen LogP contribution in [0.4, 0.5) is 17.5 Å². The molecule has 1 atom stereocenters. The van der Waals surface area contributed by atoms with E-state index < -0.39 is 6.04 Å². The number of carbonyl (C=O) groups is 1. The summed E-state index contributed by atoms with van der Waals surface area (Å²) in [7, 11) is 0. The summed E-state index contributed by atoms with van der Waals surface area (Å²) in [6.45, 7) is 4.99.